The number of para-hydroxylation sites is 2. The third-order valence-corrected chi connectivity index (χ3v) is 4.98. The molecule has 1 aliphatic rings. The lowest BCUT2D eigenvalue weighted by Gasteiger charge is -2.28. The Morgan fingerprint density at radius 1 is 1.05 bits per heavy atom. The molecule has 2 aromatic rings. The summed E-state index contributed by atoms with van der Waals surface area (Å²) < 4.78 is 17.5. The van der Waals surface area contributed by atoms with Gasteiger partial charge in [0.2, 0.25) is 0 Å². The number of nitrogens with one attached hydrogen (secondary N) is 1. The van der Waals surface area contributed by atoms with Crippen molar-refractivity contribution >= 4 is 10.8 Å². The summed E-state index contributed by atoms with van der Waals surface area (Å²) in [6.45, 7) is 2.68. The fraction of sp³-hybridized carbons (Fsp3) is 0.294. The Hall–Kier alpha value is -1.65. The Kier molecular flexibility index (Phi) is 4.36. The normalized spacial score (nSPS) is 14.9. The summed E-state index contributed by atoms with van der Waals surface area (Å²) in [6.07, 6.45) is 0. The Morgan fingerprint density at radius 3 is 2.19 bits per heavy atom. The molecule has 0 saturated carbocycles. The van der Waals surface area contributed by atoms with E-state index < -0.39 is 10.8 Å². The zero-order valence-corrected chi connectivity index (χ0v) is 12.9. The molecule has 0 bridgehead atoms. The predicted octanol–water partition coefficient (Wildman–Crippen LogP) is 3.24. The molecule has 2 aromatic carbocycles. The van der Waals surface area contributed by atoms with Crippen LogP contribution in [0.2, 0.25) is 0 Å². The molecule has 0 aliphatic carbocycles. The minimum absolute atomic E-state index is 0.0972. The topological polar surface area (TPSA) is 38.3 Å². The average Bonchev–Trinajstić information content (AvgIpc) is 2.54. The molecule has 4 heteroatoms. The van der Waals surface area contributed by atoms with Crippen LogP contribution in [0.3, 0.4) is 0 Å². The van der Waals surface area contributed by atoms with Crippen LogP contribution >= 0.6 is 0 Å². The summed E-state index contributed by atoms with van der Waals surface area (Å²) in [6, 6.07) is 16.3. The van der Waals surface area contributed by atoms with Gasteiger partial charge >= 0.3 is 0 Å². The lowest BCUT2D eigenvalue weighted by Crippen LogP contribution is -2.29. The van der Waals surface area contributed by atoms with Crippen molar-refractivity contribution in [2.45, 2.75) is 13.0 Å². The van der Waals surface area contributed by atoms with Gasteiger partial charge in [-0.2, -0.15) is 0 Å². The summed E-state index contributed by atoms with van der Waals surface area (Å²) >= 11 is 0. The van der Waals surface area contributed by atoms with Crippen molar-refractivity contribution in [2.24, 2.45) is 0 Å². The largest absolute Gasteiger partial charge is 0.457 e. The van der Waals surface area contributed by atoms with Crippen molar-refractivity contribution < 1.29 is 8.95 Å². The fourth-order valence-electron chi connectivity index (χ4n) is 2.59. The fourth-order valence-corrected chi connectivity index (χ4v) is 3.23. The molecule has 3 nitrogen and oxygen atoms in total. The van der Waals surface area contributed by atoms with Gasteiger partial charge in [-0.05, 0) is 12.1 Å². The monoisotopic (exact) mass is 301 g/mol. The SMILES string of the molecule is CCS(=O)CCNC1c2ccccc2Oc2ccccc21. The molecule has 0 aromatic heterocycles. The molecule has 3 rings (SSSR count). The standard InChI is InChI=1S/C17H19NO2S/c1-2-21(19)12-11-18-17-13-7-3-5-9-15(13)20-16-10-6-4-8-14(16)17/h3-10,17-18H,2,11-12H2,1H3. The highest BCUT2D eigenvalue weighted by Gasteiger charge is 2.26. The summed E-state index contributed by atoms with van der Waals surface area (Å²) in [4.78, 5) is 0. The second kappa shape index (κ2) is 6.41. The summed E-state index contributed by atoms with van der Waals surface area (Å²) in [5, 5.41) is 3.53. The molecule has 110 valence electrons. The number of fused-ring (bicyclic) bond motifs is 2. The van der Waals surface area contributed by atoms with Crippen LogP contribution in [0.4, 0.5) is 0 Å². The summed E-state index contributed by atoms with van der Waals surface area (Å²) in [5.74, 6) is 3.18. The number of hydrogen-bond acceptors (Lipinski definition) is 3. The van der Waals surface area contributed by atoms with E-state index in [1.165, 1.54) is 0 Å². The van der Waals surface area contributed by atoms with Crippen LogP contribution in [-0.4, -0.2) is 22.3 Å². The number of benzene rings is 2. The first-order valence-corrected chi connectivity index (χ1v) is 8.72. The number of ether oxygens (including phenoxy) is 1. The Labute approximate surface area is 127 Å². The van der Waals surface area contributed by atoms with Gasteiger partial charge in [-0.25, -0.2) is 0 Å². The van der Waals surface area contributed by atoms with Crippen LogP contribution in [0.5, 0.6) is 11.5 Å². The van der Waals surface area contributed by atoms with Crippen LogP contribution in [0.25, 0.3) is 0 Å². The third-order valence-electron chi connectivity index (χ3n) is 3.68. The second-order valence-corrected chi connectivity index (χ2v) is 6.86. The van der Waals surface area contributed by atoms with Gasteiger partial charge in [0.15, 0.2) is 0 Å². The molecular weight excluding hydrogens is 282 g/mol. The smallest absolute Gasteiger partial charge is 0.132 e. The first kappa shape index (κ1) is 14.3. The van der Waals surface area contributed by atoms with E-state index in [1.54, 1.807) is 0 Å². The van der Waals surface area contributed by atoms with Crippen molar-refractivity contribution in [3.05, 3.63) is 59.7 Å². The molecule has 1 N–H and O–H groups in total. The van der Waals surface area contributed by atoms with E-state index in [0.717, 1.165) is 29.2 Å². The highest BCUT2D eigenvalue weighted by Crippen LogP contribution is 2.42. The van der Waals surface area contributed by atoms with Gasteiger partial charge in [0.25, 0.3) is 0 Å². The van der Waals surface area contributed by atoms with Gasteiger partial charge in [-0.3, -0.25) is 4.21 Å². The first-order valence-electron chi connectivity index (χ1n) is 7.23. The highest BCUT2D eigenvalue weighted by atomic mass is 32.2. The minimum Gasteiger partial charge on any atom is -0.457 e. The average molecular weight is 301 g/mol. The number of rotatable bonds is 5. The third kappa shape index (κ3) is 3.01. The molecule has 1 aliphatic heterocycles. The van der Waals surface area contributed by atoms with Crippen LogP contribution in [-0.2, 0) is 10.8 Å². The number of hydrogen-bond donors (Lipinski definition) is 1. The van der Waals surface area contributed by atoms with Crippen molar-refractivity contribution in [3.8, 4) is 11.5 Å². The zero-order valence-electron chi connectivity index (χ0n) is 12.0. The molecule has 1 atom stereocenters. The second-order valence-electron chi connectivity index (χ2n) is 5.00. The van der Waals surface area contributed by atoms with Crippen molar-refractivity contribution in [1.82, 2.24) is 5.32 Å². The van der Waals surface area contributed by atoms with Crippen LogP contribution in [0, 0.1) is 0 Å². The van der Waals surface area contributed by atoms with E-state index in [1.807, 2.05) is 43.3 Å². The van der Waals surface area contributed by atoms with E-state index in [0.29, 0.717) is 11.5 Å². The summed E-state index contributed by atoms with van der Waals surface area (Å²) in [7, 11) is -0.741. The Morgan fingerprint density at radius 2 is 1.62 bits per heavy atom. The molecule has 1 heterocycles. The van der Waals surface area contributed by atoms with Gasteiger partial charge < -0.3 is 10.1 Å². The lowest BCUT2D eigenvalue weighted by molar-refractivity contribution is 0.431. The quantitative estimate of drug-likeness (QED) is 0.921. The highest BCUT2D eigenvalue weighted by molar-refractivity contribution is 7.84. The van der Waals surface area contributed by atoms with E-state index >= 15 is 0 Å². The molecule has 0 amide bonds. The molecule has 0 radical (unpaired) electrons. The Bertz CT molecular complexity index is 611. The predicted molar refractivity (Wildman–Crippen MR) is 86.4 cm³/mol. The molecule has 0 fully saturated rings. The van der Waals surface area contributed by atoms with Crippen LogP contribution in [0.1, 0.15) is 24.1 Å². The van der Waals surface area contributed by atoms with Gasteiger partial charge in [0, 0.05) is 40.0 Å². The van der Waals surface area contributed by atoms with Gasteiger partial charge in [0.1, 0.15) is 11.5 Å². The van der Waals surface area contributed by atoms with E-state index in [-0.39, 0.29) is 6.04 Å². The van der Waals surface area contributed by atoms with Crippen LogP contribution in [0.15, 0.2) is 48.5 Å². The van der Waals surface area contributed by atoms with Gasteiger partial charge in [0.05, 0.1) is 6.04 Å². The van der Waals surface area contributed by atoms with Crippen molar-refractivity contribution in [3.63, 3.8) is 0 Å². The van der Waals surface area contributed by atoms with Crippen molar-refractivity contribution in [2.75, 3.05) is 18.1 Å². The zero-order chi connectivity index (χ0) is 14.7. The van der Waals surface area contributed by atoms with Crippen LogP contribution < -0.4 is 10.1 Å². The maximum Gasteiger partial charge on any atom is 0.132 e. The van der Waals surface area contributed by atoms with E-state index in [4.69, 9.17) is 4.74 Å². The first-order chi connectivity index (χ1) is 10.3. The maximum atomic E-state index is 11.6. The lowest BCUT2D eigenvalue weighted by atomic mass is 9.94. The molecular formula is C17H19NO2S. The minimum atomic E-state index is -0.741. The van der Waals surface area contributed by atoms with E-state index in [2.05, 4.69) is 17.4 Å². The van der Waals surface area contributed by atoms with Gasteiger partial charge in [-0.15, -0.1) is 0 Å². The van der Waals surface area contributed by atoms with Crippen molar-refractivity contribution in [1.29, 1.82) is 0 Å². The molecule has 0 spiro atoms. The maximum absolute atomic E-state index is 11.6. The molecule has 1 unspecified atom stereocenters. The summed E-state index contributed by atoms with van der Waals surface area (Å²) in [5.41, 5.74) is 2.27. The Balaban J connectivity index is 1.86. The molecule has 21 heavy (non-hydrogen) atoms. The van der Waals surface area contributed by atoms with Gasteiger partial charge in [-0.1, -0.05) is 43.3 Å². The molecule has 0 saturated heterocycles. The van der Waals surface area contributed by atoms with E-state index in [9.17, 15) is 4.21 Å².